The van der Waals surface area contributed by atoms with E-state index in [4.69, 9.17) is 4.84 Å². The summed E-state index contributed by atoms with van der Waals surface area (Å²) in [5, 5.41) is 0. The van der Waals surface area contributed by atoms with E-state index >= 15 is 0 Å². The molecule has 1 saturated heterocycles. The number of hydrogen-bond acceptors (Lipinski definition) is 3. The molecule has 1 aliphatic rings. The highest BCUT2D eigenvalue weighted by atomic mass is 32.2. The fraction of sp³-hybridized carbons (Fsp3) is 1.00. The standard InChI is InChI=1S/C7H15NO3S/c1-2-7-12(9,10)8-5-3-4-6-11-8/h2-7H2,1H3. The molecular weight excluding hydrogens is 178 g/mol. The topological polar surface area (TPSA) is 46.6 Å². The maximum atomic E-state index is 11.4. The molecule has 0 bridgehead atoms. The maximum absolute atomic E-state index is 11.4. The summed E-state index contributed by atoms with van der Waals surface area (Å²) in [4.78, 5) is 5.04. The lowest BCUT2D eigenvalue weighted by atomic mass is 10.3. The smallest absolute Gasteiger partial charge is 0.236 e. The minimum absolute atomic E-state index is 0.187. The van der Waals surface area contributed by atoms with Crippen molar-refractivity contribution in [2.24, 2.45) is 0 Å². The summed E-state index contributed by atoms with van der Waals surface area (Å²) in [7, 11) is -3.12. The molecule has 4 nitrogen and oxygen atoms in total. The van der Waals surface area contributed by atoms with E-state index in [1.165, 1.54) is 0 Å². The quantitative estimate of drug-likeness (QED) is 0.664. The summed E-state index contributed by atoms with van der Waals surface area (Å²) in [6, 6.07) is 0. The van der Waals surface area contributed by atoms with E-state index < -0.39 is 10.0 Å². The van der Waals surface area contributed by atoms with E-state index in [0.29, 0.717) is 19.6 Å². The molecule has 5 heteroatoms. The number of hydrogen-bond donors (Lipinski definition) is 0. The Labute approximate surface area is 73.5 Å². The first kappa shape index (κ1) is 9.95. The van der Waals surface area contributed by atoms with Crippen molar-refractivity contribution in [3.8, 4) is 0 Å². The second kappa shape index (κ2) is 4.20. The SMILES string of the molecule is CCCS(=O)(=O)N1CCCCO1. The number of rotatable bonds is 3. The molecule has 0 aliphatic carbocycles. The van der Waals surface area contributed by atoms with E-state index in [1.54, 1.807) is 0 Å². The first-order valence-electron chi connectivity index (χ1n) is 4.30. The van der Waals surface area contributed by atoms with Crippen LogP contribution in [0, 0.1) is 0 Å². The van der Waals surface area contributed by atoms with Crippen molar-refractivity contribution in [1.29, 1.82) is 0 Å². The molecule has 1 aliphatic heterocycles. The first-order valence-corrected chi connectivity index (χ1v) is 5.91. The van der Waals surface area contributed by atoms with Crippen molar-refractivity contribution in [2.45, 2.75) is 26.2 Å². The van der Waals surface area contributed by atoms with Gasteiger partial charge < -0.3 is 0 Å². The highest BCUT2D eigenvalue weighted by Crippen LogP contribution is 2.11. The van der Waals surface area contributed by atoms with Crippen LogP contribution in [-0.4, -0.2) is 31.8 Å². The molecule has 0 atom stereocenters. The monoisotopic (exact) mass is 193 g/mol. The van der Waals surface area contributed by atoms with Crippen molar-refractivity contribution >= 4 is 10.0 Å². The van der Waals surface area contributed by atoms with Crippen LogP contribution in [0.5, 0.6) is 0 Å². The lowest BCUT2D eigenvalue weighted by molar-refractivity contribution is -0.108. The lowest BCUT2D eigenvalue weighted by Crippen LogP contribution is -2.37. The Hall–Kier alpha value is -0.130. The second-order valence-corrected chi connectivity index (χ2v) is 4.86. The van der Waals surface area contributed by atoms with Crippen molar-refractivity contribution in [3.63, 3.8) is 0 Å². The van der Waals surface area contributed by atoms with Gasteiger partial charge in [-0.1, -0.05) is 11.4 Å². The molecule has 0 unspecified atom stereocenters. The minimum Gasteiger partial charge on any atom is -0.284 e. The fourth-order valence-electron chi connectivity index (χ4n) is 1.15. The van der Waals surface area contributed by atoms with Crippen LogP contribution in [-0.2, 0) is 14.9 Å². The average Bonchev–Trinajstić information content (AvgIpc) is 2.06. The molecule has 0 N–H and O–H groups in total. The van der Waals surface area contributed by atoms with Crippen molar-refractivity contribution < 1.29 is 13.3 Å². The third kappa shape index (κ3) is 2.43. The zero-order valence-corrected chi connectivity index (χ0v) is 8.14. The van der Waals surface area contributed by atoms with Gasteiger partial charge in [-0.05, 0) is 19.3 Å². The molecule has 12 heavy (non-hydrogen) atoms. The van der Waals surface area contributed by atoms with Gasteiger partial charge in [0.25, 0.3) is 0 Å². The van der Waals surface area contributed by atoms with Crippen molar-refractivity contribution in [3.05, 3.63) is 0 Å². The highest BCUT2D eigenvalue weighted by molar-refractivity contribution is 7.88. The molecule has 0 aromatic rings. The Kier molecular flexibility index (Phi) is 3.49. The van der Waals surface area contributed by atoms with Gasteiger partial charge in [-0.2, -0.15) is 0 Å². The predicted octanol–water partition coefficient (Wildman–Crippen LogP) is 0.754. The summed E-state index contributed by atoms with van der Waals surface area (Å²) < 4.78 is 23.9. The molecule has 72 valence electrons. The largest absolute Gasteiger partial charge is 0.284 e. The van der Waals surface area contributed by atoms with Crippen LogP contribution in [0.4, 0.5) is 0 Å². The molecule has 1 rings (SSSR count). The molecule has 0 saturated carbocycles. The van der Waals surface area contributed by atoms with E-state index in [0.717, 1.165) is 17.3 Å². The van der Waals surface area contributed by atoms with Crippen LogP contribution in [0.25, 0.3) is 0 Å². The molecule has 0 aromatic heterocycles. The first-order chi connectivity index (χ1) is 5.67. The third-order valence-corrected chi connectivity index (χ3v) is 3.58. The minimum atomic E-state index is -3.12. The average molecular weight is 193 g/mol. The third-order valence-electron chi connectivity index (χ3n) is 1.74. The maximum Gasteiger partial charge on any atom is 0.236 e. The van der Waals surface area contributed by atoms with Crippen LogP contribution < -0.4 is 0 Å². The normalized spacial score (nSPS) is 21.1. The van der Waals surface area contributed by atoms with Gasteiger partial charge >= 0.3 is 0 Å². The van der Waals surface area contributed by atoms with Crippen LogP contribution in [0.2, 0.25) is 0 Å². The molecule has 0 amide bonds. The lowest BCUT2D eigenvalue weighted by Gasteiger charge is -2.24. The van der Waals surface area contributed by atoms with Crippen LogP contribution >= 0.6 is 0 Å². The number of sulfonamides is 1. The van der Waals surface area contributed by atoms with E-state index in [2.05, 4.69) is 0 Å². The van der Waals surface area contributed by atoms with Crippen LogP contribution in [0.3, 0.4) is 0 Å². The van der Waals surface area contributed by atoms with Crippen molar-refractivity contribution in [1.82, 2.24) is 4.47 Å². The molecule has 0 radical (unpaired) electrons. The van der Waals surface area contributed by atoms with Gasteiger partial charge in [-0.15, -0.1) is 0 Å². The molecule has 1 heterocycles. The van der Waals surface area contributed by atoms with Gasteiger partial charge in [0.2, 0.25) is 10.0 Å². The van der Waals surface area contributed by atoms with Crippen LogP contribution in [0.1, 0.15) is 26.2 Å². The van der Waals surface area contributed by atoms with Gasteiger partial charge in [0.15, 0.2) is 0 Å². The summed E-state index contributed by atoms with van der Waals surface area (Å²) in [5.41, 5.74) is 0. The Morgan fingerprint density at radius 1 is 1.42 bits per heavy atom. The summed E-state index contributed by atoms with van der Waals surface area (Å²) >= 11 is 0. The van der Waals surface area contributed by atoms with Gasteiger partial charge in [-0.3, -0.25) is 4.84 Å². The zero-order chi connectivity index (χ0) is 9.03. The molecule has 0 aromatic carbocycles. The van der Waals surface area contributed by atoms with Gasteiger partial charge in [0.05, 0.1) is 12.4 Å². The number of nitrogens with zero attached hydrogens (tertiary/aromatic N) is 1. The molecule has 0 spiro atoms. The van der Waals surface area contributed by atoms with E-state index in [-0.39, 0.29) is 5.75 Å². The summed E-state index contributed by atoms with van der Waals surface area (Å²) in [5.74, 6) is 0.187. The summed E-state index contributed by atoms with van der Waals surface area (Å²) in [6.45, 7) is 2.90. The van der Waals surface area contributed by atoms with Gasteiger partial charge in [-0.25, -0.2) is 8.42 Å². The van der Waals surface area contributed by atoms with Crippen molar-refractivity contribution in [2.75, 3.05) is 18.9 Å². The number of hydroxylamine groups is 1. The molecule has 1 fully saturated rings. The van der Waals surface area contributed by atoms with Gasteiger partial charge in [0.1, 0.15) is 0 Å². The van der Waals surface area contributed by atoms with Crippen LogP contribution in [0.15, 0.2) is 0 Å². The highest BCUT2D eigenvalue weighted by Gasteiger charge is 2.23. The van der Waals surface area contributed by atoms with E-state index in [9.17, 15) is 8.42 Å². The predicted molar refractivity (Wildman–Crippen MR) is 46.0 cm³/mol. The Morgan fingerprint density at radius 2 is 2.17 bits per heavy atom. The fourth-order valence-corrected chi connectivity index (χ4v) is 2.51. The zero-order valence-electron chi connectivity index (χ0n) is 7.32. The Bertz CT molecular complexity index is 219. The second-order valence-electron chi connectivity index (χ2n) is 2.88. The molecular formula is C7H15NO3S. The van der Waals surface area contributed by atoms with E-state index in [1.807, 2.05) is 6.92 Å². The summed E-state index contributed by atoms with van der Waals surface area (Å²) in [6.07, 6.45) is 2.50. The Balaban J connectivity index is 2.54. The van der Waals surface area contributed by atoms with Gasteiger partial charge in [0, 0.05) is 6.54 Å². The Morgan fingerprint density at radius 3 is 2.67 bits per heavy atom.